The van der Waals surface area contributed by atoms with Crippen molar-refractivity contribution in [3.8, 4) is 6.07 Å². The highest BCUT2D eigenvalue weighted by Gasteiger charge is 2.30. The third-order valence-corrected chi connectivity index (χ3v) is 3.43. The Hall–Kier alpha value is -1.56. The first kappa shape index (κ1) is 11.9. The molecule has 0 saturated heterocycles. The van der Waals surface area contributed by atoms with Crippen molar-refractivity contribution in [1.82, 2.24) is 0 Å². The predicted molar refractivity (Wildman–Crippen MR) is 66.0 cm³/mol. The molecule has 1 N–H and O–H groups in total. The van der Waals surface area contributed by atoms with Gasteiger partial charge in [0.05, 0.1) is 6.07 Å². The van der Waals surface area contributed by atoms with Crippen molar-refractivity contribution in [1.29, 1.82) is 5.26 Å². The molecule has 2 rings (SSSR count). The first-order chi connectivity index (χ1) is 8.11. The summed E-state index contributed by atoms with van der Waals surface area (Å²) in [6.07, 6.45) is 4.59. The van der Waals surface area contributed by atoms with Gasteiger partial charge in [-0.05, 0) is 43.5 Å². The molecule has 90 valence electrons. The van der Waals surface area contributed by atoms with E-state index in [1.54, 1.807) is 12.1 Å². The Balaban J connectivity index is 2.02. The number of nitrogens with one attached hydrogen (secondary N) is 1. The number of anilines is 1. The average molecular weight is 232 g/mol. The number of hydrogen-bond acceptors (Lipinski definition) is 2. The van der Waals surface area contributed by atoms with Gasteiger partial charge in [-0.3, -0.25) is 0 Å². The first-order valence-electron chi connectivity index (χ1n) is 6.06. The molecule has 0 radical (unpaired) electrons. The molecule has 0 heterocycles. The summed E-state index contributed by atoms with van der Waals surface area (Å²) in [6, 6.07) is 8.49. The number of rotatable bonds is 4. The minimum Gasteiger partial charge on any atom is -0.368 e. The smallest absolute Gasteiger partial charge is 0.123 e. The Kier molecular flexibility index (Phi) is 3.33. The Morgan fingerprint density at radius 1 is 1.41 bits per heavy atom. The Bertz CT molecular complexity index is 417. The highest BCUT2D eigenvalue weighted by Crippen LogP contribution is 2.34. The molecule has 0 amide bonds. The minimum atomic E-state index is -0.553. The average Bonchev–Trinajstić information content (AvgIpc) is 2.27. The molecule has 1 aliphatic rings. The zero-order valence-corrected chi connectivity index (χ0v) is 10.0. The summed E-state index contributed by atoms with van der Waals surface area (Å²) >= 11 is 0. The summed E-state index contributed by atoms with van der Waals surface area (Å²) in [5.74, 6) is 0.404. The molecule has 1 saturated carbocycles. The van der Waals surface area contributed by atoms with Crippen molar-refractivity contribution in [2.24, 2.45) is 5.92 Å². The SMILES string of the molecule is CC(C#N)(CC1CCC1)Nc1ccc(F)cc1. The molecule has 1 aromatic carbocycles. The third kappa shape index (κ3) is 2.97. The molecule has 0 bridgehead atoms. The van der Waals surface area contributed by atoms with Gasteiger partial charge < -0.3 is 5.32 Å². The predicted octanol–water partition coefficient (Wildman–Crippen LogP) is 3.71. The Morgan fingerprint density at radius 3 is 2.53 bits per heavy atom. The monoisotopic (exact) mass is 232 g/mol. The van der Waals surface area contributed by atoms with E-state index in [1.165, 1.54) is 31.4 Å². The van der Waals surface area contributed by atoms with Crippen LogP contribution in [0.1, 0.15) is 32.6 Å². The van der Waals surface area contributed by atoms with E-state index in [0.717, 1.165) is 12.1 Å². The van der Waals surface area contributed by atoms with E-state index in [0.29, 0.717) is 5.92 Å². The molecular weight excluding hydrogens is 215 g/mol. The number of nitrogens with zero attached hydrogens (tertiary/aromatic N) is 1. The van der Waals surface area contributed by atoms with Crippen LogP contribution in [0.3, 0.4) is 0 Å². The molecule has 1 atom stereocenters. The fourth-order valence-electron chi connectivity index (χ4n) is 2.25. The lowest BCUT2D eigenvalue weighted by molar-refractivity contribution is 0.267. The van der Waals surface area contributed by atoms with Gasteiger partial charge >= 0.3 is 0 Å². The molecule has 2 nitrogen and oxygen atoms in total. The van der Waals surface area contributed by atoms with E-state index in [2.05, 4.69) is 11.4 Å². The summed E-state index contributed by atoms with van der Waals surface area (Å²) in [5.41, 5.74) is 0.248. The van der Waals surface area contributed by atoms with Crippen LogP contribution in [0.25, 0.3) is 0 Å². The van der Waals surface area contributed by atoms with Crippen molar-refractivity contribution in [3.05, 3.63) is 30.1 Å². The van der Waals surface area contributed by atoms with E-state index in [1.807, 2.05) is 6.92 Å². The molecule has 1 unspecified atom stereocenters. The molecule has 17 heavy (non-hydrogen) atoms. The maximum absolute atomic E-state index is 12.8. The summed E-state index contributed by atoms with van der Waals surface area (Å²) in [4.78, 5) is 0. The van der Waals surface area contributed by atoms with Gasteiger partial charge in [-0.15, -0.1) is 0 Å². The van der Waals surface area contributed by atoms with Crippen molar-refractivity contribution in [2.45, 2.75) is 38.1 Å². The highest BCUT2D eigenvalue weighted by atomic mass is 19.1. The van der Waals surface area contributed by atoms with Crippen LogP contribution in [-0.4, -0.2) is 5.54 Å². The van der Waals surface area contributed by atoms with Gasteiger partial charge in [0.1, 0.15) is 11.4 Å². The summed E-state index contributed by atoms with van der Waals surface area (Å²) in [5, 5.41) is 12.5. The largest absolute Gasteiger partial charge is 0.368 e. The number of halogens is 1. The second kappa shape index (κ2) is 4.75. The molecule has 1 aromatic rings. The van der Waals surface area contributed by atoms with Crippen molar-refractivity contribution >= 4 is 5.69 Å². The number of hydrogen-bond donors (Lipinski definition) is 1. The highest BCUT2D eigenvalue weighted by molar-refractivity contribution is 5.47. The lowest BCUT2D eigenvalue weighted by Crippen LogP contribution is -2.36. The van der Waals surface area contributed by atoms with Crippen molar-refractivity contribution in [2.75, 3.05) is 5.32 Å². The molecule has 0 aliphatic heterocycles. The zero-order valence-electron chi connectivity index (χ0n) is 10.0. The van der Waals surface area contributed by atoms with E-state index < -0.39 is 5.54 Å². The van der Waals surface area contributed by atoms with E-state index >= 15 is 0 Å². The van der Waals surface area contributed by atoms with Gasteiger partial charge in [0.15, 0.2) is 0 Å². The van der Waals surface area contributed by atoms with Crippen LogP contribution in [0.15, 0.2) is 24.3 Å². The fraction of sp³-hybridized carbons (Fsp3) is 0.500. The zero-order chi connectivity index (χ0) is 12.3. The second-order valence-electron chi connectivity index (χ2n) is 5.08. The molecule has 0 spiro atoms. The van der Waals surface area contributed by atoms with Gasteiger partial charge in [-0.25, -0.2) is 4.39 Å². The van der Waals surface area contributed by atoms with Gasteiger partial charge in [0, 0.05) is 5.69 Å². The molecular formula is C14H17FN2. The molecule has 0 aromatic heterocycles. The van der Waals surface area contributed by atoms with E-state index in [9.17, 15) is 9.65 Å². The first-order valence-corrected chi connectivity index (χ1v) is 6.06. The van der Waals surface area contributed by atoms with Crippen molar-refractivity contribution < 1.29 is 4.39 Å². The molecule has 1 aliphatic carbocycles. The number of nitriles is 1. The van der Waals surface area contributed by atoms with Gasteiger partial charge in [0.2, 0.25) is 0 Å². The van der Waals surface area contributed by atoms with Gasteiger partial charge in [-0.2, -0.15) is 5.26 Å². The summed E-state index contributed by atoms with van der Waals surface area (Å²) in [6.45, 7) is 1.91. The normalized spacial score (nSPS) is 18.9. The summed E-state index contributed by atoms with van der Waals surface area (Å²) < 4.78 is 12.8. The van der Waals surface area contributed by atoms with Crippen LogP contribution >= 0.6 is 0 Å². The van der Waals surface area contributed by atoms with Crippen LogP contribution in [0.4, 0.5) is 10.1 Å². The van der Waals surface area contributed by atoms with Gasteiger partial charge in [0.25, 0.3) is 0 Å². The van der Waals surface area contributed by atoms with Crippen LogP contribution < -0.4 is 5.32 Å². The maximum Gasteiger partial charge on any atom is 0.123 e. The van der Waals surface area contributed by atoms with Gasteiger partial charge in [-0.1, -0.05) is 19.3 Å². The van der Waals surface area contributed by atoms with Crippen LogP contribution in [0.5, 0.6) is 0 Å². The Labute approximate surface area is 101 Å². The second-order valence-corrected chi connectivity index (χ2v) is 5.08. The lowest BCUT2D eigenvalue weighted by Gasteiger charge is -2.33. The summed E-state index contributed by atoms with van der Waals surface area (Å²) in [7, 11) is 0. The minimum absolute atomic E-state index is 0.256. The van der Waals surface area contributed by atoms with Crippen LogP contribution in [-0.2, 0) is 0 Å². The van der Waals surface area contributed by atoms with E-state index in [-0.39, 0.29) is 5.82 Å². The topological polar surface area (TPSA) is 35.8 Å². The maximum atomic E-state index is 12.8. The molecule has 1 fully saturated rings. The Morgan fingerprint density at radius 2 is 2.06 bits per heavy atom. The van der Waals surface area contributed by atoms with Crippen LogP contribution in [0, 0.1) is 23.1 Å². The molecule has 3 heteroatoms. The lowest BCUT2D eigenvalue weighted by atomic mass is 9.77. The standard InChI is InChI=1S/C14H17FN2/c1-14(10-16,9-11-3-2-4-11)17-13-7-5-12(15)6-8-13/h5-8,11,17H,2-4,9H2,1H3. The van der Waals surface area contributed by atoms with Crippen molar-refractivity contribution in [3.63, 3.8) is 0 Å². The van der Waals surface area contributed by atoms with Crippen LogP contribution in [0.2, 0.25) is 0 Å². The van der Waals surface area contributed by atoms with E-state index in [4.69, 9.17) is 0 Å². The fourth-order valence-corrected chi connectivity index (χ4v) is 2.25. The third-order valence-electron chi connectivity index (χ3n) is 3.43. The quantitative estimate of drug-likeness (QED) is 0.859. The number of benzene rings is 1.